The molecule has 109 heavy (non-hydrogen) atoms. The van der Waals surface area contributed by atoms with Crippen LogP contribution in [-0.2, 0) is 5.41 Å². The molecular weight excluding hydrogens is 1360 g/mol. The Bertz CT molecular complexity index is 5000. The molecule has 0 amide bonds. The Hall–Kier alpha value is -11.4. The van der Waals surface area contributed by atoms with Crippen molar-refractivity contribution in [2.75, 3.05) is 44.4 Å². The first-order chi connectivity index (χ1) is 49.6. The Morgan fingerprint density at radius 1 is 0.303 bits per heavy atom. The second kappa shape index (κ2) is 40.5. The summed E-state index contributed by atoms with van der Waals surface area (Å²) in [6, 6.07) is 79.2. The van der Waals surface area contributed by atoms with Crippen molar-refractivity contribution < 1.29 is 0 Å². The molecule has 0 aliphatic carbocycles. The summed E-state index contributed by atoms with van der Waals surface area (Å²) in [4.78, 5) is 16.8. The van der Waals surface area contributed by atoms with Crippen LogP contribution >= 0.6 is 0 Å². The monoisotopic (exact) mass is 1490 g/mol. The summed E-state index contributed by atoms with van der Waals surface area (Å²) < 4.78 is 0. The fourth-order valence-electron chi connectivity index (χ4n) is 11.4. The third kappa shape index (κ3) is 27.4. The summed E-state index contributed by atoms with van der Waals surface area (Å²) in [6.07, 6.45) is 5.44. The molecule has 572 valence electrons. The highest BCUT2D eigenvalue weighted by atomic mass is 28.3. The summed E-state index contributed by atoms with van der Waals surface area (Å²) in [5, 5.41) is 19.3. The number of hydrogen-bond donors (Lipinski definition) is 8. The van der Waals surface area contributed by atoms with Crippen molar-refractivity contribution in [2.24, 2.45) is 5.41 Å². The largest absolute Gasteiger partial charge is 0.411 e. The zero-order chi connectivity index (χ0) is 77.1. The number of benzene rings is 13. The van der Waals surface area contributed by atoms with Crippen LogP contribution in [0.3, 0.4) is 0 Å². The molecule has 13 aromatic carbocycles. The molecular formula is C97H126N10Si2. The quantitative estimate of drug-likeness (QED) is 0.0362. The third-order valence-electron chi connectivity index (χ3n) is 16.4. The van der Waals surface area contributed by atoms with Gasteiger partial charge >= 0.3 is 0 Å². The maximum atomic E-state index is 5.77. The molecule has 0 unspecified atom stereocenters. The third-order valence-corrected chi connectivity index (χ3v) is 18.5. The fourth-order valence-corrected chi connectivity index (χ4v) is 13.4. The van der Waals surface area contributed by atoms with Crippen LogP contribution in [-0.4, -0.2) is 26.4 Å². The number of anilines is 8. The molecule has 0 radical (unpaired) electrons. The van der Waals surface area contributed by atoms with Gasteiger partial charge in [-0.15, -0.1) is 32.9 Å². The minimum absolute atomic E-state index is 0. The van der Waals surface area contributed by atoms with Gasteiger partial charge in [-0.1, -0.05) is 219 Å². The number of nitrogens with two attached hydrogens (primary N) is 6. The lowest BCUT2D eigenvalue weighted by molar-refractivity contribution is 0.546. The predicted molar refractivity (Wildman–Crippen MR) is 506 cm³/mol. The molecule has 15 rings (SSSR count). The lowest BCUT2D eigenvalue weighted by atomic mass is 9.85. The number of aromatic nitrogens is 2. The van der Waals surface area contributed by atoms with E-state index in [-0.39, 0.29) is 35.1 Å². The van der Waals surface area contributed by atoms with Crippen molar-refractivity contribution >= 4 is 170 Å². The van der Waals surface area contributed by atoms with Crippen LogP contribution < -0.4 is 44.4 Å². The molecule has 12 heteroatoms. The molecule has 0 bridgehead atoms. The SMILES string of the molecule is C.C.C.C.C=C.C=CC.C=CC.C=CC(C)(C)C.C[Si](C)(C)Nc1ccc2cc3ccc(N[Si](C)(C)C)cc3nc2c1.Cc1ccc2cc3ccc(C(C)(C)C)cc3cc2c1.Nc1ccc2cc3ccc(N)cc3cc2c1.Nc1ccc2cc3ccc(N)cc3cc2c1.Nc1ccc2cc3ccc(N)cc3nc2c1. The molecule has 0 saturated heterocycles. The van der Waals surface area contributed by atoms with Crippen molar-refractivity contribution in [3.05, 3.63) is 293 Å². The van der Waals surface area contributed by atoms with Gasteiger partial charge in [-0.25, -0.2) is 9.97 Å². The molecule has 0 spiro atoms. The van der Waals surface area contributed by atoms with Gasteiger partial charge in [-0.2, -0.15) is 0 Å². The number of allylic oxidation sites excluding steroid dienone is 3. The van der Waals surface area contributed by atoms with Gasteiger partial charge in [0.05, 0.1) is 22.1 Å². The smallest absolute Gasteiger partial charge is 0.144 e. The maximum Gasteiger partial charge on any atom is 0.144 e. The minimum Gasteiger partial charge on any atom is -0.411 e. The molecule has 0 aliphatic heterocycles. The lowest BCUT2D eigenvalue weighted by Crippen LogP contribution is -2.32. The standard InChI is InChI=1S/C19H27N3Si2.C19H20.2C14H12N2.C13H11N3.C6H12.2C3H6.C2H4.4CH4/c1-23(2,3)21-16-9-7-14-11-15-8-10-17(22-24(4,5)6)13-19(15)20-18(14)12-16;1-13-5-6-14-10-15-7-8-18(19(2,3)4)12-17(15)11-16(14)9-13;2*15-13-3-1-9-5-10-2-4-14(16)8-12(10)6-11(9)7-13;14-10-3-1-8-5-9-2-4-11(15)7-13(9)16-12(8)6-10;1-5-6(2,3)4;2*1-3-2;1-2;;;;/h7-13,21-22H,1-6H3;5-12H,1-4H3;2*1-8H,15-16H2;1-7H,14-15H2;5H,1H2,2-4H3;2*3H,1H2,2H3;1-2H2;4*1H4. The van der Waals surface area contributed by atoms with E-state index >= 15 is 0 Å². The first-order valence-corrected chi connectivity index (χ1v) is 42.5. The van der Waals surface area contributed by atoms with Gasteiger partial charge in [-0.05, 0) is 247 Å². The molecule has 2 aromatic heterocycles. The van der Waals surface area contributed by atoms with Crippen LogP contribution in [0.1, 0.15) is 96.2 Å². The molecule has 0 aliphatic rings. The molecule has 2 heterocycles. The van der Waals surface area contributed by atoms with E-state index in [9.17, 15) is 0 Å². The second-order valence-corrected chi connectivity index (χ2v) is 40.0. The number of aryl methyl sites for hydroxylation is 1. The van der Waals surface area contributed by atoms with Gasteiger partial charge in [0.15, 0.2) is 0 Å². The summed E-state index contributed by atoms with van der Waals surface area (Å²) in [5.41, 5.74) is 48.6. The summed E-state index contributed by atoms with van der Waals surface area (Å²) in [6.45, 7) is 49.3. The second-order valence-electron chi connectivity index (χ2n) is 30.5. The molecule has 0 atom stereocenters. The fraction of sp³-hybridized carbons (Fsp3) is 0.216. The summed E-state index contributed by atoms with van der Waals surface area (Å²) in [7, 11) is -2.72. The number of rotatable bonds is 4. The Morgan fingerprint density at radius 3 is 0.807 bits per heavy atom. The van der Waals surface area contributed by atoms with Gasteiger partial charge < -0.3 is 44.4 Å². The van der Waals surface area contributed by atoms with Crippen LogP contribution in [0.4, 0.5) is 45.5 Å². The number of pyridine rings is 2. The van der Waals surface area contributed by atoms with Crippen LogP contribution in [0.5, 0.6) is 0 Å². The Kier molecular flexibility index (Phi) is 34.1. The number of fused-ring (bicyclic) bond motifs is 10. The number of nitrogens with zero attached hydrogens (tertiary/aromatic N) is 2. The van der Waals surface area contributed by atoms with E-state index in [1.807, 2.05) is 129 Å². The van der Waals surface area contributed by atoms with Gasteiger partial charge in [0.2, 0.25) is 0 Å². The number of hydrogen-bond acceptors (Lipinski definition) is 10. The molecule has 14 N–H and O–H groups in total. The van der Waals surface area contributed by atoms with E-state index in [0.29, 0.717) is 5.41 Å². The highest BCUT2D eigenvalue weighted by molar-refractivity contribution is 6.79. The number of nitrogen functional groups attached to an aromatic ring is 6. The normalized spacial score (nSPS) is 10.6. The van der Waals surface area contributed by atoms with E-state index in [4.69, 9.17) is 39.4 Å². The van der Waals surface area contributed by atoms with Crippen molar-refractivity contribution in [1.29, 1.82) is 0 Å². The summed E-state index contributed by atoms with van der Waals surface area (Å²) >= 11 is 0. The zero-order valence-corrected chi connectivity index (χ0v) is 66.6. The van der Waals surface area contributed by atoms with Crippen molar-refractivity contribution in [2.45, 2.75) is 137 Å². The number of nitrogens with one attached hydrogen (secondary N) is 2. The van der Waals surface area contributed by atoms with E-state index in [1.54, 1.807) is 12.2 Å². The molecule has 0 saturated carbocycles. The van der Waals surface area contributed by atoms with E-state index < -0.39 is 16.5 Å². The Morgan fingerprint density at radius 2 is 0.523 bits per heavy atom. The average molecular weight is 1490 g/mol. The highest BCUT2D eigenvalue weighted by Gasteiger charge is 2.17. The van der Waals surface area contributed by atoms with E-state index in [2.05, 4.69) is 257 Å². The molecule has 10 nitrogen and oxygen atoms in total. The minimum atomic E-state index is -1.36. The zero-order valence-electron chi connectivity index (χ0n) is 64.6. The van der Waals surface area contributed by atoms with Gasteiger partial charge in [-0.3, -0.25) is 0 Å². The lowest BCUT2D eigenvalue weighted by Gasteiger charge is -2.20. The van der Waals surface area contributed by atoms with Crippen LogP contribution in [0, 0.1) is 12.3 Å². The van der Waals surface area contributed by atoms with Crippen LogP contribution in [0.15, 0.2) is 282 Å². The molecule has 15 aromatic rings. The molecule has 0 fully saturated rings. The first-order valence-electron chi connectivity index (χ1n) is 35.5. The van der Waals surface area contributed by atoms with E-state index in [1.165, 1.54) is 76.4 Å². The topological polar surface area (TPSA) is 206 Å². The van der Waals surface area contributed by atoms with E-state index in [0.717, 1.165) is 88.5 Å². The van der Waals surface area contributed by atoms with Crippen LogP contribution in [0.2, 0.25) is 39.3 Å². The van der Waals surface area contributed by atoms with Gasteiger partial charge in [0.25, 0.3) is 0 Å². The maximum absolute atomic E-state index is 5.77. The average Bonchev–Trinajstić information content (AvgIpc) is 0.880. The Balaban J connectivity index is 0.000000337. The first kappa shape index (κ1) is 91.8. The highest BCUT2D eigenvalue weighted by Crippen LogP contribution is 2.33. The Labute approximate surface area is 655 Å². The predicted octanol–water partition coefficient (Wildman–Crippen LogP) is 28.3. The van der Waals surface area contributed by atoms with Crippen molar-refractivity contribution in [3.8, 4) is 0 Å². The van der Waals surface area contributed by atoms with Crippen molar-refractivity contribution in [1.82, 2.24) is 9.97 Å². The van der Waals surface area contributed by atoms with Crippen molar-refractivity contribution in [3.63, 3.8) is 0 Å². The van der Waals surface area contributed by atoms with Gasteiger partial charge in [0, 0.05) is 67.0 Å². The summed E-state index contributed by atoms with van der Waals surface area (Å²) in [5.74, 6) is 0. The van der Waals surface area contributed by atoms with Crippen LogP contribution in [0.25, 0.3) is 108 Å². The van der Waals surface area contributed by atoms with Gasteiger partial charge in [0.1, 0.15) is 16.5 Å².